The van der Waals surface area contributed by atoms with Gasteiger partial charge < -0.3 is 0 Å². The summed E-state index contributed by atoms with van der Waals surface area (Å²) in [6, 6.07) is 2.74. The van der Waals surface area contributed by atoms with Gasteiger partial charge in [-0.15, -0.1) is 0 Å². The third kappa shape index (κ3) is 3.25. The van der Waals surface area contributed by atoms with E-state index in [9.17, 15) is 5.26 Å². The molecule has 0 N–H and O–H groups in total. The Hall–Kier alpha value is -0.510. The van der Waals surface area contributed by atoms with E-state index in [0.717, 1.165) is 47.8 Å². The smallest absolute Gasteiger partial charge is 0.0689 e. The molecule has 0 aromatic rings. The second-order valence-corrected chi connectivity index (χ2v) is 10.6. The van der Waals surface area contributed by atoms with E-state index < -0.39 is 0 Å². The van der Waals surface area contributed by atoms with Crippen molar-refractivity contribution in [2.45, 2.75) is 104 Å². The molecule has 0 saturated heterocycles. The van der Waals surface area contributed by atoms with Gasteiger partial charge in [0.2, 0.25) is 0 Å². The van der Waals surface area contributed by atoms with Gasteiger partial charge in [0.25, 0.3) is 0 Å². The van der Waals surface area contributed by atoms with E-state index in [1.165, 1.54) is 70.6 Å². The van der Waals surface area contributed by atoms with Gasteiger partial charge in [-0.2, -0.15) is 5.26 Å². The first-order valence-electron chi connectivity index (χ1n) is 12.1. The Morgan fingerprint density at radius 1 is 0.846 bits per heavy atom. The second kappa shape index (κ2) is 7.85. The van der Waals surface area contributed by atoms with Crippen LogP contribution in [0.25, 0.3) is 0 Å². The van der Waals surface area contributed by atoms with Crippen molar-refractivity contribution in [2.75, 3.05) is 0 Å². The third-order valence-electron chi connectivity index (χ3n) is 9.68. The van der Waals surface area contributed by atoms with Crippen molar-refractivity contribution in [2.24, 2.45) is 46.8 Å². The maximum atomic E-state index is 9.77. The fraction of sp³-hybridized carbons (Fsp3) is 0.960. The lowest BCUT2D eigenvalue weighted by atomic mass is 9.48. The summed E-state index contributed by atoms with van der Waals surface area (Å²) in [7, 11) is 0. The second-order valence-electron chi connectivity index (χ2n) is 10.6. The molecule has 4 rings (SSSR count). The van der Waals surface area contributed by atoms with Crippen molar-refractivity contribution >= 4 is 0 Å². The number of hydrogen-bond acceptors (Lipinski definition) is 1. The van der Waals surface area contributed by atoms with Crippen LogP contribution < -0.4 is 0 Å². The van der Waals surface area contributed by atoms with Gasteiger partial charge in [0.1, 0.15) is 0 Å². The molecule has 26 heavy (non-hydrogen) atoms. The van der Waals surface area contributed by atoms with Crippen LogP contribution in [-0.4, -0.2) is 0 Å². The fourth-order valence-corrected chi connectivity index (χ4v) is 8.30. The predicted octanol–water partition coefficient (Wildman–Crippen LogP) is 7.37. The number of fused-ring (bicyclic) bond motifs is 5. The molecule has 4 aliphatic carbocycles. The Morgan fingerprint density at radius 3 is 2.35 bits per heavy atom. The molecule has 0 heterocycles. The summed E-state index contributed by atoms with van der Waals surface area (Å²) in [5, 5.41) is 9.77. The summed E-state index contributed by atoms with van der Waals surface area (Å²) in [4.78, 5) is 0. The number of nitriles is 1. The largest absolute Gasteiger partial charge is 0.198 e. The lowest BCUT2D eigenvalue weighted by Gasteiger charge is -2.57. The first kappa shape index (κ1) is 18.8. The molecule has 1 nitrogen and oxygen atoms in total. The number of hydrogen-bond donors (Lipinski definition) is 0. The summed E-state index contributed by atoms with van der Waals surface area (Å²) < 4.78 is 0. The molecule has 0 aromatic carbocycles. The van der Waals surface area contributed by atoms with Gasteiger partial charge in [-0.25, -0.2) is 0 Å². The lowest BCUT2D eigenvalue weighted by Crippen LogP contribution is -2.49. The Morgan fingerprint density at radius 2 is 1.58 bits per heavy atom. The van der Waals surface area contributed by atoms with Crippen LogP contribution in [0.4, 0.5) is 0 Å². The van der Waals surface area contributed by atoms with Crippen LogP contribution in [0, 0.1) is 58.2 Å². The first-order chi connectivity index (χ1) is 12.7. The van der Waals surface area contributed by atoms with Crippen molar-refractivity contribution in [3.8, 4) is 6.07 Å². The maximum Gasteiger partial charge on any atom is 0.0689 e. The van der Waals surface area contributed by atoms with E-state index in [1.54, 1.807) is 12.8 Å². The molecule has 0 radical (unpaired) electrons. The van der Waals surface area contributed by atoms with E-state index in [4.69, 9.17) is 0 Å². The Labute approximate surface area is 162 Å². The van der Waals surface area contributed by atoms with Crippen LogP contribution in [0.5, 0.6) is 0 Å². The highest BCUT2D eigenvalue weighted by atomic mass is 14.6. The standard InChI is InChI=1S/C25H41N/c1-3-5-7-18-8-6-9-22-20(18)12-13-23-21-14-15-25(4-2,17-26)16-19(21)10-11-24(22)23/h18-24H,3-16H2,1-2H3/t18-,19?,20?,21?,22?,23?,24?,25-/m0/s1. The lowest BCUT2D eigenvalue weighted by molar-refractivity contribution is -0.0712. The number of nitrogens with zero attached hydrogens (tertiary/aromatic N) is 1. The van der Waals surface area contributed by atoms with E-state index in [0.29, 0.717) is 0 Å². The zero-order valence-corrected chi connectivity index (χ0v) is 17.4. The van der Waals surface area contributed by atoms with Crippen LogP contribution in [0.3, 0.4) is 0 Å². The molecule has 0 aliphatic heterocycles. The average Bonchev–Trinajstić information content (AvgIpc) is 2.71. The van der Waals surface area contributed by atoms with Gasteiger partial charge in [-0.1, -0.05) is 46.0 Å². The summed E-state index contributed by atoms with van der Waals surface area (Å²) in [5.41, 5.74) is 0.0291. The Bertz CT molecular complexity index is 519. The molecule has 4 saturated carbocycles. The van der Waals surface area contributed by atoms with Gasteiger partial charge >= 0.3 is 0 Å². The fourth-order valence-electron chi connectivity index (χ4n) is 8.30. The molecule has 6 unspecified atom stereocenters. The molecular formula is C25H41N. The summed E-state index contributed by atoms with van der Waals surface area (Å²) in [6.45, 7) is 4.61. The third-order valence-corrected chi connectivity index (χ3v) is 9.68. The van der Waals surface area contributed by atoms with Gasteiger partial charge in [0, 0.05) is 0 Å². The molecule has 4 aliphatic rings. The monoisotopic (exact) mass is 355 g/mol. The highest BCUT2D eigenvalue weighted by molar-refractivity contribution is 5.07. The molecule has 0 spiro atoms. The van der Waals surface area contributed by atoms with Crippen LogP contribution in [0.1, 0.15) is 104 Å². The van der Waals surface area contributed by atoms with Crippen molar-refractivity contribution < 1.29 is 0 Å². The van der Waals surface area contributed by atoms with Crippen LogP contribution in [-0.2, 0) is 0 Å². The maximum absolute atomic E-state index is 9.77. The van der Waals surface area contributed by atoms with Crippen molar-refractivity contribution in [1.82, 2.24) is 0 Å². The van der Waals surface area contributed by atoms with E-state index in [-0.39, 0.29) is 5.41 Å². The average molecular weight is 356 g/mol. The van der Waals surface area contributed by atoms with Gasteiger partial charge in [-0.05, 0) is 99.2 Å². The quantitative estimate of drug-likeness (QED) is 0.516. The molecule has 0 amide bonds. The minimum absolute atomic E-state index is 0.0291. The number of unbranched alkanes of at least 4 members (excludes halogenated alkanes) is 1. The zero-order chi connectivity index (χ0) is 18.1. The van der Waals surface area contributed by atoms with Gasteiger partial charge in [0.15, 0.2) is 0 Å². The van der Waals surface area contributed by atoms with Crippen molar-refractivity contribution in [3.05, 3.63) is 0 Å². The topological polar surface area (TPSA) is 23.8 Å². The van der Waals surface area contributed by atoms with E-state index in [2.05, 4.69) is 19.9 Å². The Balaban J connectivity index is 1.46. The van der Waals surface area contributed by atoms with E-state index >= 15 is 0 Å². The van der Waals surface area contributed by atoms with Gasteiger partial charge in [-0.3, -0.25) is 0 Å². The first-order valence-corrected chi connectivity index (χ1v) is 12.1. The summed E-state index contributed by atoms with van der Waals surface area (Å²) >= 11 is 0. The zero-order valence-electron chi connectivity index (χ0n) is 17.4. The predicted molar refractivity (Wildman–Crippen MR) is 108 cm³/mol. The van der Waals surface area contributed by atoms with E-state index in [1.807, 2.05) is 0 Å². The minimum Gasteiger partial charge on any atom is -0.198 e. The molecular weight excluding hydrogens is 314 g/mol. The van der Waals surface area contributed by atoms with Crippen molar-refractivity contribution in [1.29, 1.82) is 5.26 Å². The minimum atomic E-state index is 0.0291. The molecule has 146 valence electrons. The SMILES string of the molecule is CCCC[C@H]1CCCC2C3CCC4C[C@](C#N)(CC)CCC4C3CCC21. The highest BCUT2D eigenvalue weighted by Crippen LogP contribution is 2.60. The normalized spacial score (nSPS) is 48.0. The summed E-state index contributed by atoms with van der Waals surface area (Å²) in [5.74, 6) is 7.12. The van der Waals surface area contributed by atoms with Crippen LogP contribution >= 0.6 is 0 Å². The molecule has 8 atom stereocenters. The molecule has 1 heteroatoms. The summed E-state index contributed by atoms with van der Waals surface area (Å²) in [6.07, 6.45) is 19.8. The molecule has 0 bridgehead atoms. The van der Waals surface area contributed by atoms with Gasteiger partial charge in [0.05, 0.1) is 11.5 Å². The molecule has 4 fully saturated rings. The van der Waals surface area contributed by atoms with Crippen LogP contribution in [0.15, 0.2) is 0 Å². The van der Waals surface area contributed by atoms with Crippen molar-refractivity contribution in [3.63, 3.8) is 0 Å². The molecule has 0 aromatic heterocycles. The highest BCUT2D eigenvalue weighted by Gasteiger charge is 2.52. The number of rotatable bonds is 4. The van der Waals surface area contributed by atoms with Crippen LogP contribution in [0.2, 0.25) is 0 Å². The Kier molecular flexibility index (Phi) is 5.69.